The number of urea groups is 1. The van der Waals surface area contributed by atoms with Crippen molar-refractivity contribution in [2.45, 2.75) is 11.4 Å². The lowest BCUT2D eigenvalue weighted by atomic mass is 10.1. The van der Waals surface area contributed by atoms with Crippen molar-refractivity contribution >= 4 is 39.0 Å². The molecule has 0 atom stereocenters. The summed E-state index contributed by atoms with van der Waals surface area (Å²) in [5, 5.41) is 5.38. The largest absolute Gasteiger partial charge is 0.492 e. The minimum absolute atomic E-state index is 0.0394. The number of nitrogens with zero attached hydrogens (tertiary/aromatic N) is 2. The highest BCUT2D eigenvalue weighted by Gasteiger charge is 2.37. The van der Waals surface area contributed by atoms with Gasteiger partial charge >= 0.3 is 6.03 Å². The van der Waals surface area contributed by atoms with Crippen LogP contribution in [0.25, 0.3) is 0 Å². The first-order valence-electron chi connectivity index (χ1n) is 12.5. The number of nitrogens with two attached hydrogens (primary N) is 1. The van der Waals surface area contributed by atoms with Gasteiger partial charge in [-0.15, -0.1) is 0 Å². The van der Waals surface area contributed by atoms with Crippen LogP contribution in [-0.4, -0.2) is 69.0 Å². The molecule has 0 spiro atoms. The van der Waals surface area contributed by atoms with Gasteiger partial charge in [-0.2, -0.15) is 0 Å². The third kappa shape index (κ3) is 5.98. The molecule has 0 bridgehead atoms. The first-order chi connectivity index (χ1) is 18.8. The molecular weight excluding hydrogens is 522 g/mol. The van der Waals surface area contributed by atoms with Crippen molar-refractivity contribution in [2.24, 2.45) is 0 Å². The second-order valence-corrected chi connectivity index (χ2v) is 11.0. The van der Waals surface area contributed by atoms with Crippen molar-refractivity contribution in [2.75, 3.05) is 55.8 Å². The number of carbonyl (C=O) groups is 2. The predicted molar refractivity (Wildman–Crippen MR) is 146 cm³/mol. The van der Waals surface area contributed by atoms with E-state index in [-0.39, 0.29) is 23.0 Å². The van der Waals surface area contributed by atoms with Crippen LogP contribution in [0.15, 0.2) is 71.6 Å². The lowest BCUT2D eigenvalue weighted by Crippen LogP contribution is -2.43. The van der Waals surface area contributed by atoms with E-state index in [0.29, 0.717) is 54.6 Å². The first-order valence-corrected chi connectivity index (χ1v) is 13.9. The van der Waals surface area contributed by atoms with Crippen LogP contribution in [0.3, 0.4) is 0 Å². The van der Waals surface area contributed by atoms with Gasteiger partial charge in [-0.3, -0.25) is 9.69 Å². The van der Waals surface area contributed by atoms with E-state index in [0.717, 1.165) is 17.4 Å². The van der Waals surface area contributed by atoms with Gasteiger partial charge in [0.25, 0.3) is 15.9 Å². The summed E-state index contributed by atoms with van der Waals surface area (Å²) < 4.78 is 38.8. The van der Waals surface area contributed by atoms with Gasteiger partial charge in [0.05, 0.1) is 36.8 Å². The van der Waals surface area contributed by atoms with Gasteiger partial charge in [-0.05, 0) is 42.0 Å². The number of carbonyl (C=O) groups excluding carboxylic acids is 2. The normalized spacial score (nSPS) is 16.7. The Labute approximate surface area is 226 Å². The number of rotatable bonds is 8. The fourth-order valence-electron chi connectivity index (χ4n) is 4.32. The molecule has 2 heterocycles. The molecule has 0 unspecified atom stereocenters. The number of anilines is 3. The molecule has 5 rings (SSSR count). The van der Waals surface area contributed by atoms with Crippen molar-refractivity contribution in [3.05, 3.63) is 77.9 Å². The van der Waals surface area contributed by atoms with Crippen molar-refractivity contribution < 1.29 is 27.5 Å². The molecule has 204 valence electrons. The number of fused-ring (bicyclic) bond motifs is 1. The van der Waals surface area contributed by atoms with Crippen LogP contribution in [0.1, 0.15) is 15.9 Å². The molecule has 3 amide bonds. The number of hydrogen-bond acceptors (Lipinski definition) is 8. The van der Waals surface area contributed by atoms with Gasteiger partial charge in [-0.25, -0.2) is 17.5 Å². The Morgan fingerprint density at radius 2 is 1.79 bits per heavy atom. The maximum Gasteiger partial charge on any atom is 0.336 e. The zero-order chi connectivity index (χ0) is 27.4. The van der Waals surface area contributed by atoms with E-state index < -0.39 is 16.1 Å². The minimum atomic E-state index is -4.15. The number of para-hydroxylation sites is 2. The number of nitrogens with one attached hydrogen (secondary N) is 2. The summed E-state index contributed by atoms with van der Waals surface area (Å²) in [5.74, 6) is 0.0361. The third-order valence-electron chi connectivity index (χ3n) is 6.52. The molecule has 0 aromatic heterocycles. The van der Waals surface area contributed by atoms with Crippen molar-refractivity contribution in [1.82, 2.24) is 9.21 Å². The molecule has 3 aromatic rings. The van der Waals surface area contributed by atoms with E-state index in [1.165, 1.54) is 12.1 Å². The Bertz CT molecular complexity index is 1470. The van der Waals surface area contributed by atoms with E-state index in [4.69, 9.17) is 15.2 Å². The van der Waals surface area contributed by atoms with Crippen LogP contribution >= 0.6 is 0 Å². The van der Waals surface area contributed by atoms with Gasteiger partial charge in [0.1, 0.15) is 17.3 Å². The number of ether oxygens (including phenoxy) is 2. The zero-order valence-electron chi connectivity index (χ0n) is 21.1. The molecule has 3 aromatic carbocycles. The molecule has 0 radical (unpaired) electrons. The standard InChI is InChI=1S/C27H29N5O6S/c28-22-3-1-2-4-23(22)29-26(33)20-7-5-19(6-8-20)18-32-27(34)30-24-10-9-21(17-25(24)39(32,35)36)38-16-13-31-11-14-37-15-12-31/h1-10,17H,11-16,18,28H2,(H,29,33)(H,30,34). The summed E-state index contributed by atoms with van der Waals surface area (Å²) >= 11 is 0. The molecule has 4 N–H and O–H groups in total. The highest BCUT2D eigenvalue weighted by Crippen LogP contribution is 2.34. The molecule has 1 fully saturated rings. The molecule has 11 nitrogen and oxygen atoms in total. The van der Waals surface area contributed by atoms with Crippen LogP contribution in [0.4, 0.5) is 21.9 Å². The van der Waals surface area contributed by atoms with Crippen LogP contribution in [0.2, 0.25) is 0 Å². The third-order valence-corrected chi connectivity index (χ3v) is 8.29. The molecule has 12 heteroatoms. The lowest BCUT2D eigenvalue weighted by Gasteiger charge is -2.29. The number of sulfonamides is 1. The molecular formula is C27H29N5O6S. The lowest BCUT2D eigenvalue weighted by molar-refractivity contribution is 0.0322. The smallest absolute Gasteiger partial charge is 0.336 e. The maximum absolute atomic E-state index is 13.4. The average Bonchev–Trinajstić information content (AvgIpc) is 2.93. The van der Waals surface area contributed by atoms with Gasteiger partial charge in [0.2, 0.25) is 0 Å². The van der Waals surface area contributed by atoms with Crippen LogP contribution in [-0.2, 0) is 21.3 Å². The number of amides is 3. The molecule has 2 aliphatic rings. The SMILES string of the molecule is Nc1ccccc1NC(=O)c1ccc(CN2C(=O)Nc3ccc(OCCN4CCOCC4)cc3S2(=O)=O)cc1. The average molecular weight is 552 g/mol. The Balaban J connectivity index is 1.26. The Kier molecular flexibility index (Phi) is 7.68. The predicted octanol–water partition coefficient (Wildman–Crippen LogP) is 2.97. The second kappa shape index (κ2) is 11.3. The monoisotopic (exact) mass is 551 g/mol. The van der Waals surface area contributed by atoms with Crippen molar-refractivity contribution in [3.63, 3.8) is 0 Å². The highest BCUT2D eigenvalue weighted by molar-refractivity contribution is 7.90. The van der Waals surface area contributed by atoms with Crippen LogP contribution in [0, 0.1) is 0 Å². The summed E-state index contributed by atoms with van der Waals surface area (Å²) in [5.41, 5.74) is 7.90. The summed E-state index contributed by atoms with van der Waals surface area (Å²) in [7, 11) is -4.15. The van der Waals surface area contributed by atoms with Gasteiger partial charge in [0, 0.05) is 31.3 Å². The molecule has 0 saturated carbocycles. The summed E-state index contributed by atoms with van der Waals surface area (Å²) in [6, 6.07) is 17.1. The number of nitrogen functional groups attached to an aromatic ring is 1. The van der Waals surface area contributed by atoms with E-state index in [1.54, 1.807) is 54.6 Å². The first kappa shape index (κ1) is 26.5. The van der Waals surface area contributed by atoms with Crippen LogP contribution in [0.5, 0.6) is 5.75 Å². The Morgan fingerprint density at radius 3 is 2.54 bits per heavy atom. The van der Waals surface area contributed by atoms with Gasteiger partial charge in [-0.1, -0.05) is 24.3 Å². The topological polar surface area (TPSA) is 143 Å². The van der Waals surface area contributed by atoms with E-state index >= 15 is 0 Å². The fourth-order valence-corrected chi connectivity index (χ4v) is 5.80. The summed E-state index contributed by atoms with van der Waals surface area (Å²) in [6.45, 7) is 3.92. The molecule has 0 aliphatic carbocycles. The number of morpholine rings is 1. The molecule has 39 heavy (non-hydrogen) atoms. The van der Waals surface area contributed by atoms with Gasteiger partial charge < -0.3 is 25.8 Å². The highest BCUT2D eigenvalue weighted by atomic mass is 32.2. The van der Waals surface area contributed by atoms with E-state index in [9.17, 15) is 18.0 Å². The molecule has 1 saturated heterocycles. The Hall–Kier alpha value is -4.13. The summed E-state index contributed by atoms with van der Waals surface area (Å²) in [4.78, 5) is 27.5. The Morgan fingerprint density at radius 1 is 1.05 bits per heavy atom. The number of hydrogen-bond donors (Lipinski definition) is 3. The van der Waals surface area contributed by atoms with E-state index in [1.807, 2.05) is 0 Å². The zero-order valence-corrected chi connectivity index (χ0v) is 21.9. The summed E-state index contributed by atoms with van der Waals surface area (Å²) in [6.07, 6.45) is 0. The fraction of sp³-hybridized carbons (Fsp3) is 0.259. The quantitative estimate of drug-likeness (QED) is 0.363. The molecule has 2 aliphatic heterocycles. The minimum Gasteiger partial charge on any atom is -0.492 e. The number of benzene rings is 3. The second-order valence-electron chi connectivity index (χ2n) is 9.14. The van der Waals surface area contributed by atoms with E-state index in [2.05, 4.69) is 15.5 Å². The van der Waals surface area contributed by atoms with Gasteiger partial charge in [0.15, 0.2) is 0 Å². The van der Waals surface area contributed by atoms with Crippen molar-refractivity contribution in [3.8, 4) is 5.75 Å². The van der Waals surface area contributed by atoms with Crippen LogP contribution < -0.4 is 21.1 Å². The maximum atomic E-state index is 13.4. The van der Waals surface area contributed by atoms with Crippen molar-refractivity contribution in [1.29, 1.82) is 0 Å².